The first kappa shape index (κ1) is 13.0. The highest BCUT2D eigenvalue weighted by Gasteiger charge is 2.44. The van der Waals surface area contributed by atoms with E-state index in [2.05, 4.69) is 46.4 Å². The minimum atomic E-state index is -0.151. The van der Waals surface area contributed by atoms with Gasteiger partial charge in [0.1, 0.15) is 11.4 Å². The zero-order valence-electron chi connectivity index (χ0n) is 11.0. The zero-order valence-corrected chi connectivity index (χ0v) is 12.6. The summed E-state index contributed by atoms with van der Waals surface area (Å²) in [4.78, 5) is 11.6. The first-order valence-electron chi connectivity index (χ1n) is 6.73. The molecular formula is C15H18BrNO2. The van der Waals surface area contributed by atoms with E-state index < -0.39 is 0 Å². The fourth-order valence-corrected chi connectivity index (χ4v) is 3.67. The van der Waals surface area contributed by atoms with Crippen LogP contribution in [-0.4, -0.2) is 22.9 Å². The van der Waals surface area contributed by atoms with Gasteiger partial charge >= 0.3 is 0 Å². The molecule has 1 aliphatic carbocycles. The molecule has 2 aliphatic rings. The molecule has 4 heteroatoms. The number of rotatable bonds is 2. The Bertz CT molecular complexity index is 505. The monoisotopic (exact) mass is 323 g/mol. The van der Waals surface area contributed by atoms with E-state index in [-0.39, 0.29) is 17.6 Å². The van der Waals surface area contributed by atoms with E-state index in [1.807, 2.05) is 6.07 Å². The van der Waals surface area contributed by atoms with Crippen molar-refractivity contribution in [3.8, 4) is 5.75 Å². The van der Waals surface area contributed by atoms with Gasteiger partial charge in [-0.05, 0) is 37.3 Å². The molecule has 102 valence electrons. The second kappa shape index (κ2) is 4.82. The summed E-state index contributed by atoms with van der Waals surface area (Å²) in [5.41, 5.74) is 1.14. The summed E-state index contributed by atoms with van der Waals surface area (Å²) >= 11 is 3.20. The van der Waals surface area contributed by atoms with Crippen molar-refractivity contribution in [2.45, 2.75) is 43.7 Å². The van der Waals surface area contributed by atoms with Gasteiger partial charge in [-0.15, -0.1) is 0 Å². The normalized spacial score (nSPS) is 32.1. The van der Waals surface area contributed by atoms with Crippen LogP contribution in [0.5, 0.6) is 5.75 Å². The number of hydrogen-bond acceptors (Lipinski definition) is 2. The molecule has 3 atom stereocenters. The van der Waals surface area contributed by atoms with Crippen molar-refractivity contribution in [2.75, 3.05) is 5.33 Å². The molecule has 0 saturated heterocycles. The molecule has 1 aliphatic heterocycles. The second-order valence-corrected chi connectivity index (χ2v) is 6.39. The molecule has 3 rings (SSSR count). The SMILES string of the molecule is CC12CC(C[C@H](NC(=O)CBr)C1)c1ccccc1O2. The second-order valence-electron chi connectivity index (χ2n) is 5.83. The Kier molecular flexibility index (Phi) is 3.29. The molecule has 2 bridgehead atoms. The predicted octanol–water partition coefficient (Wildman–Crippen LogP) is 2.98. The van der Waals surface area contributed by atoms with Gasteiger partial charge in [-0.25, -0.2) is 0 Å². The maximum absolute atomic E-state index is 11.6. The Labute approximate surface area is 121 Å². The lowest BCUT2D eigenvalue weighted by atomic mass is 9.71. The minimum Gasteiger partial charge on any atom is -0.487 e. The van der Waals surface area contributed by atoms with Crippen LogP contribution in [0, 0.1) is 0 Å². The molecule has 3 nitrogen and oxygen atoms in total. The van der Waals surface area contributed by atoms with E-state index in [9.17, 15) is 4.79 Å². The van der Waals surface area contributed by atoms with Crippen molar-refractivity contribution in [1.29, 1.82) is 0 Å². The number of carbonyl (C=O) groups excluding carboxylic acids is 1. The van der Waals surface area contributed by atoms with Crippen LogP contribution in [-0.2, 0) is 4.79 Å². The molecule has 1 saturated carbocycles. The van der Waals surface area contributed by atoms with Gasteiger partial charge in [-0.3, -0.25) is 4.79 Å². The molecule has 1 fully saturated rings. The lowest BCUT2D eigenvalue weighted by Gasteiger charge is -2.47. The third-order valence-electron chi connectivity index (χ3n) is 4.13. The molecule has 1 N–H and O–H groups in total. The van der Waals surface area contributed by atoms with Crippen molar-refractivity contribution in [2.24, 2.45) is 0 Å². The average molecular weight is 324 g/mol. The van der Waals surface area contributed by atoms with Crippen LogP contribution in [0.25, 0.3) is 0 Å². The van der Waals surface area contributed by atoms with Gasteiger partial charge in [0, 0.05) is 12.5 Å². The smallest absolute Gasteiger partial charge is 0.230 e. The molecule has 1 aromatic carbocycles. The lowest BCUT2D eigenvalue weighted by Crippen LogP contribution is -2.51. The fourth-order valence-electron chi connectivity index (χ4n) is 3.51. The highest BCUT2D eigenvalue weighted by Crippen LogP contribution is 2.48. The van der Waals surface area contributed by atoms with E-state index in [1.54, 1.807) is 0 Å². The number of nitrogens with one attached hydrogen (secondary N) is 1. The number of hydrogen-bond donors (Lipinski definition) is 1. The Morgan fingerprint density at radius 3 is 3.05 bits per heavy atom. The van der Waals surface area contributed by atoms with E-state index in [4.69, 9.17) is 4.74 Å². The van der Waals surface area contributed by atoms with Crippen LogP contribution in [0.3, 0.4) is 0 Å². The van der Waals surface area contributed by atoms with E-state index >= 15 is 0 Å². The Balaban J connectivity index is 1.85. The summed E-state index contributed by atoms with van der Waals surface area (Å²) in [6.07, 6.45) is 2.94. The molecule has 19 heavy (non-hydrogen) atoms. The quantitative estimate of drug-likeness (QED) is 0.850. The number of amides is 1. The van der Waals surface area contributed by atoms with Crippen LogP contribution in [0.15, 0.2) is 24.3 Å². The molecular weight excluding hydrogens is 306 g/mol. The van der Waals surface area contributed by atoms with E-state index in [0.29, 0.717) is 11.2 Å². The number of alkyl halides is 1. The number of halogens is 1. The summed E-state index contributed by atoms with van der Waals surface area (Å²) in [5.74, 6) is 1.57. The summed E-state index contributed by atoms with van der Waals surface area (Å²) in [6, 6.07) is 8.49. The van der Waals surface area contributed by atoms with Crippen LogP contribution in [0.4, 0.5) is 0 Å². The third-order valence-corrected chi connectivity index (χ3v) is 4.64. The largest absolute Gasteiger partial charge is 0.487 e. The Morgan fingerprint density at radius 2 is 2.26 bits per heavy atom. The van der Waals surface area contributed by atoms with Crippen LogP contribution < -0.4 is 10.1 Å². The Morgan fingerprint density at radius 1 is 1.47 bits per heavy atom. The van der Waals surface area contributed by atoms with E-state index in [0.717, 1.165) is 25.0 Å². The van der Waals surface area contributed by atoms with Crippen molar-refractivity contribution < 1.29 is 9.53 Å². The van der Waals surface area contributed by atoms with Crippen molar-refractivity contribution in [3.05, 3.63) is 29.8 Å². The van der Waals surface area contributed by atoms with Gasteiger partial charge in [0.15, 0.2) is 0 Å². The fraction of sp³-hybridized carbons (Fsp3) is 0.533. The van der Waals surface area contributed by atoms with E-state index in [1.165, 1.54) is 5.56 Å². The summed E-state index contributed by atoms with van der Waals surface area (Å²) in [5, 5.41) is 3.45. The third kappa shape index (κ3) is 2.50. The average Bonchev–Trinajstić information content (AvgIpc) is 2.37. The van der Waals surface area contributed by atoms with Gasteiger partial charge in [0.2, 0.25) is 5.91 Å². The van der Waals surface area contributed by atoms with Crippen molar-refractivity contribution >= 4 is 21.8 Å². The molecule has 1 aromatic rings. The van der Waals surface area contributed by atoms with Crippen LogP contribution in [0.2, 0.25) is 0 Å². The maximum atomic E-state index is 11.6. The minimum absolute atomic E-state index is 0.0573. The van der Waals surface area contributed by atoms with Crippen molar-refractivity contribution in [1.82, 2.24) is 5.32 Å². The van der Waals surface area contributed by atoms with Gasteiger partial charge in [0.25, 0.3) is 0 Å². The molecule has 2 unspecified atom stereocenters. The van der Waals surface area contributed by atoms with Gasteiger partial charge in [-0.1, -0.05) is 34.1 Å². The van der Waals surface area contributed by atoms with Crippen LogP contribution >= 0.6 is 15.9 Å². The predicted molar refractivity (Wildman–Crippen MR) is 77.8 cm³/mol. The summed E-state index contributed by atoms with van der Waals surface area (Å²) in [7, 11) is 0. The standard InChI is InChI=1S/C15H18BrNO2/c1-15-7-10(6-11(8-15)17-14(18)9-16)12-4-2-3-5-13(12)19-15/h2-5,10-11H,6-9H2,1H3,(H,17,18)/t10?,11-,15?/m0/s1. The topological polar surface area (TPSA) is 38.3 Å². The summed E-state index contributed by atoms with van der Waals surface area (Å²) in [6.45, 7) is 2.16. The summed E-state index contributed by atoms with van der Waals surface area (Å²) < 4.78 is 6.17. The van der Waals surface area contributed by atoms with Crippen LogP contribution in [0.1, 0.15) is 37.7 Å². The molecule has 1 heterocycles. The maximum Gasteiger partial charge on any atom is 0.230 e. The number of carbonyl (C=O) groups is 1. The van der Waals surface area contributed by atoms with Gasteiger partial charge < -0.3 is 10.1 Å². The number of benzene rings is 1. The van der Waals surface area contributed by atoms with Crippen molar-refractivity contribution in [3.63, 3.8) is 0 Å². The highest BCUT2D eigenvalue weighted by molar-refractivity contribution is 9.09. The molecule has 0 spiro atoms. The van der Waals surface area contributed by atoms with Gasteiger partial charge in [-0.2, -0.15) is 0 Å². The molecule has 0 aromatic heterocycles. The highest BCUT2D eigenvalue weighted by atomic mass is 79.9. The first-order valence-corrected chi connectivity index (χ1v) is 7.85. The number of para-hydroxylation sites is 1. The number of ether oxygens (including phenoxy) is 1. The zero-order chi connectivity index (χ0) is 13.5. The number of fused-ring (bicyclic) bond motifs is 4. The lowest BCUT2D eigenvalue weighted by molar-refractivity contribution is -0.120. The first-order chi connectivity index (χ1) is 9.09. The molecule has 0 radical (unpaired) electrons. The Hall–Kier alpha value is -1.03. The molecule has 1 amide bonds. The van der Waals surface area contributed by atoms with Gasteiger partial charge in [0.05, 0.1) is 5.33 Å².